The lowest BCUT2D eigenvalue weighted by atomic mass is 9.86. The van der Waals surface area contributed by atoms with Gasteiger partial charge in [-0.1, -0.05) is 45.0 Å². The molecule has 7 rings (SSSR count). The van der Waals surface area contributed by atoms with Gasteiger partial charge in [0, 0.05) is 41.8 Å². The van der Waals surface area contributed by atoms with Crippen LogP contribution in [0.4, 0.5) is 17.1 Å². The SMILES string of the molecule is Cc1cc2c(cc1C)N(c1cc(Oc3ccc4c5ccccc5n(-c5ccccn5)c4c3)cc(C(C)(C)C)c1)CN2C. The van der Waals surface area contributed by atoms with E-state index in [9.17, 15) is 0 Å². The highest BCUT2D eigenvalue weighted by atomic mass is 16.5. The van der Waals surface area contributed by atoms with Crippen LogP contribution in [0.5, 0.6) is 11.5 Å². The normalized spacial score (nSPS) is 13.3. The van der Waals surface area contributed by atoms with Gasteiger partial charge in [0.2, 0.25) is 0 Å². The summed E-state index contributed by atoms with van der Waals surface area (Å²) < 4.78 is 8.91. The molecule has 0 fully saturated rings. The number of anilines is 3. The van der Waals surface area contributed by atoms with Crippen LogP contribution < -0.4 is 14.5 Å². The Bertz CT molecular complexity index is 1970. The summed E-state index contributed by atoms with van der Waals surface area (Å²) in [5.74, 6) is 2.52. The van der Waals surface area contributed by atoms with E-state index in [-0.39, 0.29) is 5.41 Å². The second kappa shape index (κ2) is 9.66. The summed E-state index contributed by atoms with van der Waals surface area (Å²) in [6.07, 6.45) is 1.84. The maximum atomic E-state index is 6.69. The van der Waals surface area contributed by atoms with E-state index in [0.717, 1.165) is 40.7 Å². The Morgan fingerprint density at radius 3 is 2.21 bits per heavy atom. The molecule has 210 valence electrons. The van der Waals surface area contributed by atoms with E-state index in [2.05, 4.69) is 134 Å². The summed E-state index contributed by atoms with van der Waals surface area (Å²) in [5.41, 5.74) is 9.63. The number of aromatic nitrogens is 2. The maximum Gasteiger partial charge on any atom is 0.137 e. The molecule has 0 spiro atoms. The van der Waals surface area contributed by atoms with Crippen molar-refractivity contribution >= 4 is 38.9 Å². The highest BCUT2D eigenvalue weighted by Gasteiger charge is 2.27. The number of pyridine rings is 1. The Balaban J connectivity index is 1.34. The third kappa shape index (κ3) is 4.37. The maximum absolute atomic E-state index is 6.69. The number of ether oxygens (including phenoxy) is 1. The van der Waals surface area contributed by atoms with Crippen molar-refractivity contribution in [1.29, 1.82) is 0 Å². The van der Waals surface area contributed by atoms with E-state index in [1.807, 2.05) is 24.4 Å². The van der Waals surface area contributed by atoms with Crippen molar-refractivity contribution in [2.24, 2.45) is 0 Å². The third-order valence-electron chi connectivity index (χ3n) is 8.47. The molecule has 1 aliphatic heterocycles. The average Bonchev–Trinajstić information content (AvgIpc) is 3.47. The molecule has 5 heteroatoms. The molecule has 0 N–H and O–H groups in total. The zero-order chi connectivity index (χ0) is 29.2. The third-order valence-corrected chi connectivity index (χ3v) is 8.47. The average molecular weight is 553 g/mol. The minimum absolute atomic E-state index is 0.0405. The van der Waals surface area contributed by atoms with Crippen molar-refractivity contribution in [2.75, 3.05) is 23.5 Å². The number of nitrogens with zero attached hydrogens (tertiary/aromatic N) is 4. The van der Waals surface area contributed by atoms with Crippen LogP contribution in [0.25, 0.3) is 27.6 Å². The van der Waals surface area contributed by atoms with Gasteiger partial charge in [0.05, 0.1) is 29.1 Å². The van der Waals surface area contributed by atoms with Crippen molar-refractivity contribution < 1.29 is 4.74 Å². The van der Waals surface area contributed by atoms with Gasteiger partial charge in [-0.2, -0.15) is 0 Å². The lowest BCUT2D eigenvalue weighted by molar-refractivity contribution is 0.479. The second-order valence-electron chi connectivity index (χ2n) is 12.5. The van der Waals surface area contributed by atoms with Gasteiger partial charge >= 0.3 is 0 Å². The standard InChI is InChI=1S/C37H36N4O/c1-24-17-34-35(18-25(24)2)40(23-39(34)6)27-19-26(37(3,4)5)20-29(21-27)42-28-14-15-31-30-11-7-8-12-32(30)41(33(31)22-28)36-13-9-10-16-38-36/h7-22H,23H2,1-6H3. The second-order valence-corrected chi connectivity index (χ2v) is 12.5. The zero-order valence-electron chi connectivity index (χ0n) is 25.1. The first kappa shape index (κ1) is 26.1. The molecule has 0 aliphatic carbocycles. The molecule has 0 saturated heterocycles. The molecule has 0 radical (unpaired) electrons. The highest BCUT2D eigenvalue weighted by Crippen LogP contribution is 2.44. The van der Waals surface area contributed by atoms with Gasteiger partial charge in [-0.05, 0) is 90.6 Å². The Labute approximate surface area is 247 Å². The summed E-state index contributed by atoms with van der Waals surface area (Å²) in [7, 11) is 2.16. The molecule has 0 bridgehead atoms. The van der Waals surface area contributed by atoms with Gasteiger partial charge in [-0.3, -0.25) is 4.57 Å². The number of aryl methyl sites for hydroxylation is 2. The Morgan fingerprint density at radius 1 is 0.714 bits per heavy atom. The molecule has 2 aromatic heterocycles. The first-order valence-electron chi connectivity index (χ1n) is 14.6. The fourth-order valence-electron chi connectivity index (χ4n) is 6.01. The van der Waals surface area contributed by atoms with Gasteiger partial charge in [0.15, 0.2) is 0 Å². The Hall–Kier alpha value is -4.77. The van der Waals surface area contributed by atoms with Crippen LogP contribution in [0.2, 0.25) is 0 Å². The molecule has 6 aromatic rings. The molecule has 0 saturated carbocycles. The van der Waals surface area contributed by atoms with Crippen molar-refractivity contribution in [1.82, 2.24) is 9.55 Å². The summed E-state index contributed by atoms with van der Waals surface area (Å²) in [6.45, 7) is 11.9. The molecular formula is C37H36N4O. The number of rotatable bonds is 4. The van der Waals surface area contributed by atoms with Crippen LogP contribution in [-0.2, 0) is 5.41 Å². The molecule has 3 heterocycles. The number of hydrogen-bond acceptors (Lipinski definition) is 4. The summed E-state index contributed by atoms with van der Waals surface area (Å²) in [6, 6.07) is 32.2. The molecule has 4 aromatic carbocycles. The number of hydrogen-bond donors (Lipinski definition) is 0. The molecule has 0 amide bonds. The number of para-hydroxylation sites is 1. The lowest BCUT2D eigenvalue weighted by Gasteiger charge is -2.26. The fourth-order valence-corrected chi connectivity index (χ4v) is 6.01. The van der Waals surface area contributed by atoms with Crippen molar-refractivity contribution in [3.8, 4) is 17.3 Å². The molecule has 0 unspecified atom stereocenters. The first-order chi connectivity index (χ1) is 20.2. The van der Waals surface area contributed by atoms with E-state index >= 15 is 0 Å². The van der Waals surface area contributed by atoms with E-state index in [1.165, 1.54) is 38.8 Å². The van der Waals surface area contributed by atoms with Crippen LogP contribution in [0.1, 0.15) is 37.5 Å². The van der Waals surface area contributed by atoms with E-state index in [4.69, 9.17) is 4.74 Å². The molecule has 0 atom stereocenters. The van der Waals surface area contributed by atoms with Gasteiger partial charge in [-0.25, -0.2) is 4.98 Å². The van der Waals surface area contributed by atoms with Crippen LogP contribution >= 0.6 is 0 Å². The Morgan fingerprint density at radius 2 is 1.45 bits per heavy atom. The predicted molar refractivity (Wildman–Crippen MR) is 175 cm³/mol. The number of fused-ring (bicyclic) bond motifs is 4. The Kier molecular flexibility index (Phi) is 6.01. The molecular weight excluding hydrogens is 516 g/mol. The van der Waals surface area contributed by atoms with E-state index < -0.39 is 0 Å². The van der Waals surface area contributed by atoms with Crippen LogP contribution in [0.15, 0.2) is 97.2 Å². The minimum atomic E-state index is -0.0405. The quantitative estimate of drug-likeness (QED) is 0.218. The van der Waals surface area contributed by atoms with Crippen LogP contribution in [-0.4, -0.2) is 23.3 Å². The van der Waals surface area contributed by atoms with Crippen LogP contribution in [0.3, 0.4) is 0 Å². The smallest absolute Gasteiger partial charge is 0.137 e. The topological polar surface area (TPSA) is 33.5 Å². The largest absolute Gasteiger partial charge is 0.457 e. The van der Waals surface area contributed by atoms with E-state index in [1.54, 1.807) is 0 Å². The van der Waals surface area contributed by atoms with Gasteiger partial charge in [0.1, 0.15) is 17.3 Å². The molecule has 42 heavy (non-hydrogen) atoms. The van der Waals surface area contributed by atoms with Crippen molar-refractivity contribution in [2.45, 2.75) is 40.0 Å². The number of benzene rings is 4. The van der Waals surface area contributed by atoms with Crippen molar-refractivity contribution in [3.63, 3.8) is 0 Å². The first-order valence-corrected chi connectivity index (χ1v) is 14.6. The fraction of sp³-hybridized carbons (Fsp3) is 0.216. The van der Waals surface area contributed by atoms with Gasteiger partial charge in [0.25, 0.3) is 0 Å². The van der Waals surface area contributed by atoms with Crippen LogP contribution in [0, 0.1) is 13.8 Å². The summed E-state index contributed by atoms with van der Waals surface area (Å²) >= 11 is 0. The van der Waals surface area contributed by atoms with Gasteiger partial charge in [-0.15, -0.1) is 0 Å². The molecule has 5 nitrogen and oxygen atoms in total. The van der Waals surface area contributed by atoms with Gasteiger partial charge < -0.3 is 14.5 Å². The predicted octanol–water partition coefficient (Wildman–Crippen LogP) is 9.43. The molecule has 1 aliphatic rings. The summed E-state index contributed by atoms with van der Waals surface area (Å²) in [5, 5.41) is 2.37. The zero-order valence-corrected chi connectivity index (χ0v) is 25.1. The van der Waals surface area contributed by atoms with Crippen molar-refractivity contribution in [3.05, 3.63) is 114 Å². The monoisotopic (exact) mass is 552 g/mol. The summed E-state index contributed by atoms with van der Waals surface area (Å²) in [4.78, 5) is 9.39. The lowest BCUT2D eigenvalue weighted by Crippen LogP contribution is -2.24. The van der Waals surface area contributed by atoms with E-state index in [0.29, 0.717) is 0 Å². The minimum Gasteiger partial charge on any atom is -0.457 e. The highest BCUT2D eigenvalue weighted by molar-refractivity contribution is 6.09.